The molecular formula is C19H20FN3. The van der Waals surface area contributed by atoms with Crippen LogP contribution in [0.2, 0.25) is 0 Å². The summed E-state index contributed by atoms with van der Waals surface area (Å²) < 4.78 is 15.8. The molecule has 4 rings (SSSR count). The van der Waals surface area contributed by atoms with Gasteiger partial charge in [0.15, 0.2) is 0 Å². The summed E-state index contributed by atoms with van der Waals surface area (Å²) in [6.45, 7) is 1.90. The molecule has 0 amide bonds. The first-order chi connectivity index (χ1) is 11.3. The summed E-state index contributed by atoms with van der Waals surface area (Å²) in [5, 5.41) is 0. The molecule has 3 nitrogen and oxygen atoms in total. The zero-order chi connectivity index (χ0) is 15.6. The molecule has 1 saturated carbocycles. The van der Waals surface area contributed by atoms with Crippen LogP contribution in [-0.2, 0) is 6.54 Å². The van der Waals surface area contributed by atoms with Crippen molar-refractivity contribution in [1.82, 2.24) is 9.55 Å². The molecule has 0 unspecified atom stereocenters. The number of rotatable bonds is 4. The van der Waals surface area contributed by atoms with Crippen LogP contribution in [0.1, 0.15) is 36.9 Å². The molecule has 0 atom stereocenters. The Kier molecular flexibility index (Phi) is 3.82. The predicted molar refractivity (Wildman–Crippen MR) is 90.0 cm³/mol. The summed E-state index contributed by atoms with van der Waals surface area (Å²) >= 11 is 0. The van der Waals surface area contributed by atoms with Crippen LogP contribution in [0.25, 0.3) is 6.08 Å². The molecule has 2 aromatic rings. The van der Waals surface area contributed by atoms with Gasteiger partial charge >= 0.3 is 0 Å². The van der Waals surface area contributed by atoms with E-state index in [1.807, 2.05) is 0 Å². The van der Waals surface area contributed by atoms with Crippen molar-refractivity contribution < 1.29 is 4.39 Å². The largest absolute Gasteiger partial charge is 0.348 e. The van der Waals surface area contributed by atoms with Crippen molar-refractivity contribution >= 4 is 11.8 Å². The third-order valence-corrected chi connectivity index (χ3v) is 4.50. The van der Waals surface area contributed by atoms with E-state index in [2.05, 4.69) is 38.9 Å². The van der Waals surface area contributed by atoms with Crippen LogP contribution in [0.5, 0.6) is 0 Å². The average Bonchev–Trinajstić information content (AvgIpc) is 3.27. The van der Waals surface area contributed by atoms with Crippen LogP contribution in [0.15, 0.2) is 47.4 Å². The topological polar surface area (TPSA) is 30.2 Å². The molecule has 23 heavy (non-hydrogen) atoms. The van der Waals surface area contributed by atoms with Crippen molar-refractivity contribution in [2.45, 2.75) is 32.2 Å². The Morgan fingerprint density at radius 3 is 3.04 bits per heavy atom. The number of aromatic nitrogens is 2. The molecule has 3 heterocycles. The molecule has 0 bridgehead atoms. The summed E-state index contributed by atoms with van der Waals surface area (Å²) in [4.78, 5) is 8.61. The van der Waals surface area contributed by atoms with Crippen LogP contribution in [0.4, 0.5) is 4.39 Å². The lowest BCUT2D eigenvalue weighted by Crippen LogP contribution is -2.13. The molecule has 1 fully saturated rings. The number of nitrogens with zero attached hydrogens (tertiary/aromatic N) is 3. The molecule has 0 aromatic carbocycles. The van der Waals surface area contributed by atoms with Gasteiger partial charge in [-0.25, -0.2) is 4.39 Å². The number of hydrogen-bond donors (Lipinski definition) is 0. The lowest BCUT2D eigenvalue weighted by atomic mass is 9.96. The first-order valence-corrected chi connectivity index (χ1v) is 8.31. The van der Waals surface area contributed by atoms with E-state index in [1.165, 1.54) is 36.4 Å². The molecule has 0 radical (unpaired) electrons. The van der Waals surface area contributed by atoms with Gasteiger partial charge in [-0.3, -0.25) is 9.98 Å². The van der Waals surface area contributed by atoms with Crippen molar-refractivity contribution in [3.05, 3.63) is 59.4 Å². The van der Waals surface area contributed by atoms with Gasteiger partial charge in [0.25, 0.3) is 0 Å². The summed E-state index contributed by atoms with van der Waals surface area (Å²) in [5.41, 5.74) is 4.06. The maximum Gasteiger partial charge on any atom is 0.142 e. The lowest BCUT2D eigenvalue weighted by Gasteiger charge is -2.17. The second-order valence-electron chi connectivity index (χ2n) is 6.42. The highest BCUT2D eigenvalue weighted by molar-refractivity contribution is 6.15. The van der Waals surface area contributed by atoms with Crippen LogP contribution in [0, 0.1) is 11.7 Å². The fourth-order valence-corrected chi connectivity index (χ4v) is 3.12. The maximum atomic E-state index is 13.5. The Morgan fingerprint density at radius 2 is 2.22 bits per heavy atom. The van der Waals surface area contributed by atoms with E-state index in [0.717, 1.165) is 43.1 Å². The Labute approximate surface area is 135 Å². The molecule has 2 aromatic heterocycles. The molecule has 1 aliphatic heterocycles. The second-order valence-corrected chi connectivity index (χ2v) is 6.42. The molecular weight excluding hydrogens is 289 g/mol. The van der Waals surface area contributed by atoms with E-state index >= 15 is 0 Å². The molecule has 1 aliphatic carbocycles. The van der Waals surface area contributed by atoms with Crippen molar-refractivity contribution in [1.29, 1.82) is 0 Å². The smallest absolute Gasteiger partial charge is 0.142 e. The molecule has 2 aliphatic rings. The first kappa shape index (κ1) is 14.4. The highest BCUT2D eigenvalue weighted by Gasteiger charge is 2.22. The van der Waals surface area contributed by atoms with E-state index in [-0.39, 0.29) is 5.82 Å². The number of allylic oxidation sites excluding steroid dienone is 1. The Hall–Kier alpha value is -2.23. The highest BCUT2D eigenvalue weighted by Crippen LogP contribution is 2.31. The van der Waals surface area contributed by atoms with E-state index in [0.29, 0.717) is 0 Å². The van der Waals surface area contributed by atoms with E-state index in [4.69, 9.17) is 0 Å². The maximum absolute atomic E-state index is 13.5. The summed E-state index contributed by atoms with van der Waals surface area (Å²) in [6.07, 6.45) is 12.0. The molecule has 0 N–H and O–H groups in total. The minimum Gasteiger partial charge on any atom is -0.348 e. The third-order valence-electron chi connectivity index (χ3n) is 4.50. The summed E-state index contributed by atoms with van der Waals surface area (Å²) in [5.74, 6) is 0.527. The van der Waals surface area contributed by atoms with Crippen LogP contribution >= 0.6 is 0 Å². The fraction of sp³-hybridized carbons (Fsp3) is 0.368. The number of aliphatic imine (C=N–C) groups is 1. The average molecular weight is 309 g/mol. The first-order valence-electron chi connectivity index (χ1n) is 8.31. The second kappa shape index (κ2) is 6.11. The fourth-order valence-electron chi connectivity index (χ4n) is 3.12. The van der Waals surface area contributed by atoms with Crippen molar-refractivity contribution in [3.63, 3.8) is 0 Å². The Bertz CT molecular complexity index is 768. The molecule has 0 spiro atoms. The molecule has 0 saturated heterocycles. The van der Waals surface area contributed by atoms with Crippen molar-refractivity contribution in [2.24, 2.45) is 10.9 Å². The van der Waals surface area contributed by atoms with Gasteiger partial charge in [-0.2, -0.15) is 0 Å². The zero-order valence-corrected chi connectivity index (χ0v) is 13.1. The minimum atomic E-state index is -0.313. The van der Waals surface area contributed by atoms with Gasteiger partial charge in [-0.1, -0.05) is 0 Å². The predicted octanol–water partition coefficient (Wildman–Crippen LogP) is 4.10. The normalized spacial score (nSPS) is 19.9. The number of hydrogen-bond acceptors (Lipinski definition) is 2. The highest BCUT2D eigenvalue weighted by atomic mass is 19.1. The SMILES string of the molecule is Fc1cncc(C2=NCCCC2=Cc2cccn2CC2CC2)c1. The van der Waals surface area contributed by atoms with Gasteiger partial charge in [-0.15, -0.1) is 0 Å². The van der Waals surface area contributed by atoms with Gasteiger partial charge < -0.3 is 4.57 Å². The van der Waals surface area contributed by atoms with Crippen molar-refractivity contribution in [2.75, 3.05) is 6.54 Å². The number of pyridine rings is 1. The van der Waals surface area contributed by atoms with Gasteiger partial charge in [0.1, 0.15) is 5.82 Å². The van der Waals surface area contributed by atoms with E-state index < -0.39 is 0 Å². The number of halogens is 1. The quantitative estimate of drug-likeness (QED) is 0.836. The Balaban J connectivity index is 1.67. The monoisotopic (exact) mass is 309 g/mol. The Morgan fingerprint density at radius 1 is 1.30 bits per heavy atom. The van der Waals surface area contributed by atoms with Gasteiger partial charge in [0.2, 0.25) is 0 Å². The summed E-state index contributed by atoms with van der Waals surface area (Å²) in [7, 11) is 0. The standard InChI is InChI=1S/C19H20FN3/c20-17-9-16(11-21-12-17)19-15(3-1-7-22-19)10-18-4-2-8-23(18)13-14-5-6-14/h2,4,8-12,14H,1,3,5-7,13H2. The lowest BCUT2D eigenvalue weighted by molar-refractivity contribution is 0.621. The van der Waals surface area contributed by atoms with Crippen molar-refractivity contribution in [3.8, 4) is 0 Å². The van der Waals surface area contributed by atoms with Crippen LogP contribution in [0.3, 0.4) is 0 Å². The molecule has 4 heteroatoms. The van der Waals surface area contributed by atoms with E-state index in [1.54, 1.807) is 6.20 Å². The van der Waals surface area contributed by atoms with Gasteiger partial charge in [0, 0.05) is 36.7 Å². The van der Waals surface area contributed by atoms with Crippen LogP contribution in [-0.4, -0.2) is 21.8 Å². The van der Waals surface area contributed by atoms with Crippen LogP contribution < -0.4 is 0 Å². The molecule has 118 valence electrons. The summed E-state index contributed by atoms with van der Waals surface area (Å²) in [6, 6.07) is 5.76. The minimum absolute atomic E-state index is 0.313. The van der Waals surface area contributed by atoms with E-state index in [9.17, 15) is 4.39 Å². The zero-order valence-electron chi connectivity index (χ0n) is 13.1. The van der Waals surface area contributed by atoms with Gasteiger partial charge in [-0.05, 0) is 61.4 Å². The van der Waals surface area contributed by atoms with Gasteiger partial charge in [0.05, 0.1) is 11.9 Å². The third kappa shape index (κ3) is 3.26.